The summed E-state index contributed by atoms with van der Waals surface area (Å²) < 4.78 is 49.1. The highest BCUT2D eigenvalue weighted by Gasteiger charge is 2.31. The molecular weight excluding hydrogens is 269 g/mol. The van der Waals surface area contributed by atoms with Crippen molar-refractivity contribution < 1.29 is 17.6 Å². The van der Waals surface area contributed by atoms with Gasteiger partial charge in [0.25, 0.3) is 0 Å². The second-order valence-corrected chi connectivity index (χ2v) is 3.53. The first-order valence-electron chi connectivity index (χ1n) is 4.07. The first-order chi connectivity index (χ1) is 6.79. The van der Waals surface area contributed by atoms with Crippen LogP contribution < -0.4 is 5.73 Å². The van der Waals surface area contributed by atoms with Gasteiger partial charge in [-0.15, -0.1) is 12.4 Å². The Balaban J connectivity index is 0.00000225. The summed E-state index contributed by atoms with van der Waals surface area (Å²) in [6.45, 7) is 0. The summed E-state index contributed by atoms with van der Waals surface area (Å²) in [5, 5.41) is 0.157. The molecule has 0 heterocycles. The first-order valence-corrected chi connectivity index (χ1v) is 4.44. The second-order valence-electron chi connectivity index (χ2n) is 3.09. The number of alkyl halides is 3. The number of hydrogen-bond acceptors (Lipinski definition) is 1. The molecule has 1 rings (SSSR count). The van der Waals surface area contributed by atoms with E-state index in [2.05, 4.69) is 0 Å². The van der Waals surface area contributed by atoms with Gasteiger partial charge >= 0.3 is 6.18 Å². The molecule has 1 atom stereocenters. The van der Waals surface area contributed by atoms with Gasteiger partial charge in [0.1, 0.15) is 5.82 Å². The lowest BCUT2D eigenvalue weighted by molar-refractivity contribution is -0.138. The molecule has 0 amide bonds. The lowest BCUT2D eigenvalue weighted by Gasteiger charge is -2.15. The average Bonchev–Trinajstić information content (AvgIpc) is 2.06. The molecule has 0 spiro atoms. The van der Waals surface area contributed by atoms with Gasteiger partial charge in [-0.25, -0.2) is 4.39 Å². The minimum Gasteiger partial charge on any atom is -0.324 e. The van der Waals surface area contributed by atoms with E-state index in [1.54, 1.807) is 0 Å². The van der Waals surface area contributed by atoms with Crippen LogP contribution >= 0.6 is 24.0 Å². The van der Waals surface area contributed by atoms with Crippen molar-refractivity contribution in [3.8, 4) is 0 Å². The van der Waals surface area contributed by atoms with Crippen LogP contribution in [-0.2, 0) is 0 Å². The fourth-order valence-electron chi connectivity index (χ4n) is 1.16. The SMILES string of the molecule is Cl.N[C@H](CC(F)(F)F)c1cc(Cl)ccc1F. The normalized spacial score (nSPS) is 13.1. The van der Waals surface area contributed by atoms with Gasteiger partial charge in [0.2, 0.25) is 0 Å². The number of rotatable bonds is 2. The van der Waals surface area contributed by atoms with Gasteiger partial charge in [0.05, 0.1) is 6.42 Å². The van der Waals surface area contributed by atoms with E-state index < -0.39 is 24.5 Å². The Morgan fingerprint density at radius 2 is 1.88 bits per heavy atom. The Labute approximate surface area is 101 Å². The summed E-state index contributed by atoms with van der Waals surface area (Å²) >= 11 is 5.53. The van der Waals surface area contributed by atoms with Gasteiger partial charge in [-0.05, 0) is 18.2 Å². The molecule has 0 aliphatic carbocycles. The van der Waals surface area contributed by atoms with Crippen LogP contribution in [0.5, 0.6) is 0 Å². The van der Waals surface area contributed by atoms with Crippen molar-refractivity contribution in [3.63, 3.8) is 0 Å². The van der Waals surface area contributed by atoms with E-state index >= 15 is 0 Å². The van der Waals surface area contributed by atoms with E-state index in [-0.39, 0.29) is 23.0 Å². The third-order valence-corrected chi connectivity index (χ3v) is 2.04. The Morgan fingerprint density at radius 3 is 2.38 bits per heavy atom. The fourth-order valence-corrected chi connectivity index (χ4v) is 1.34. The Bertz CT molecular complexity index is 354. The van der Waals surface area contributed by atoms with Crippen LogP contribution in [0.2, 0.25) is 5.02 Å². The standard InChI is InChI=1S/C9H8ClF4N.ClH/c10-5-1-2-7(11)6(3-5)8(15)4-9(12,13)14;/h1-3,8H,4,15H2;1H/t8-;/m1./s1. The second kappa shape index (κ2) is 5.70. The van der Waals surface area contributed by atoms with Crippen molar-refractivity contribution in [1.29, 1.82) is 0 Å². The highest BCUT2D eigenvalue weighted by molar-refractivity contribution is 6.30. The van der Waals surface area contributed by atoms with Gasteiger partial charge in [0.15, 0.2) is 0 Å². The lowest BCUT2D eigenvalue weighted by Crippen LogP contribution is -2.21. The highest BCUT2D eigenvalue weighted by Crippen LogP contribution is 2.30. The average molecular weight is 278 g/mol. The summed E-state index contributed by atoms with van der Waals surface area (Å²) in [6.07, 6.45) is -5.70. The molecule has 16 heavy (non-hydrogen) atoms. The minimum absolute atomic E-state index is 0. The molecule has 0 aromatic heterocycles. The fraction of sp³-hybridized carbons (Fsp3) is 0.333. The molecule has 0 fully saturated rings. The van der Waals surface area contributed by atoms with E-state index in [0.29, 0.717) is 0 Å². The zero-order valence-electron chi connectivity index (χ0n) is 7.89. The zero-order chi connectivity index (χ0) is 11.6. The van der Waals surface area contributed by atoms with E-state index in [4.69, 9.17) is 17.3 Å². The molecule has 0 radical (unpaired) electrons. The number of hydrogen-bond donors (Lipinski definition) is 1. The molecule has 7 heteroatoms. The van der Waals surface area contributed by atoms with Crippen molar-refractivity contribution in [2.45, 2.75) is 18.6 Å². The monoisotopic (exact) mass is 277 g/mol. The van der Waals surface area contributed by atoms with Gasteiger partial charge in [-0.1, -0.05) is 11.6 Å². The van der Waals surface area contributed by atoms with Crippen LogP contribution in [-0.4, -0.2) is 6.18 Å². The number of halogens is 6. The summed E-state index contributed by atoms with van der Waals surface area (Å²) in [6, 6.07) is 1.92. The third-order valence-electron chi connectivity index (χ3n) is 1.81. The van der Waals surface area contributed by atoms with E-state index in [1.807, 2.05) is 0 Å². The van der Waals surface area contributed by atoms with E-state index in [0.717, 1.165) is 12.1 Å². The van der Waals surface area contributed by atoms with Crippen LogP contribution in [0.15, 0.2) is 18.2 Å². The van der Waals surface area contributed by atoms with E-state index in [1.165, 1.54) is 6.07 Å². The molecule has 0 saturated carbocycles. The molecule has 0 aliphatic rings. The van der Waals surface area contributed by atoms with Gasteiger partial charge in [-0.3, -0.25) is 0 Å². The summed E-state index contributed by atoms with van der Waals surface area (Å²) in [7, 11) is 0. The third kappa shape index (κ3) is 4.55. The van der Waals surface area contributed by atoms with Crippen molar-refractivity contribution in [1.82, 2.24) is 0 Å². The number of nitrogens with two attached hydrogens (primary N) is 1. The summed E-state index contributed by atoms with van der Waals surface area (Å²) in [5.41, 5.74) is 5.01. The molecule has 1 aromatic carbocycles. The van der Waals surface area contributed by atoms with Crippen LogP contribution in [0.4, 0.5) is 17.6 Å². The van der Waals surface area contributed by atoms with Crippen molar-refractivity contribution in [3.05, 3.63) is 34.6 Å². The van der Waals surface area contributed by atoms with Gasteiger partial charge in [0, 0.05) is 16.6 Å². The molecule has 1 aromatic rings. The summed E-state index contributed by atoms with van der Waals surface area (Å²) in [5.74, 6) is -0.781. The smallest absolute Gasteiger partial charge is 0.324 e. The predicted octanol–water partition coefficient (Wildman–Crippen LogP) is 3.85. The molecule has 0 saturated heterocycles. The van der Waals surface area contributed by atoms with Crippen LogP contribution in [0, 0.1) is 5.82 Å². The van der Waals surface area contributed by atoms with Crippen molar-refractivity contribution in [2.24, 2.45) is 5.73 Å². The topological polar surface area (TPSA) is 26.0 Å². The maximum absolute atomic E-state index is 13.1. The molecular formula is C9H9Cl2F4N. The molecule has 92 valence electrons. The largest absolute Gasteiger partial charge is 0.390 e. The molecule has 0 unspecified atom stereocenters. The molecule has 1 nitrogen and oxygen atoms in total. The zero-order valence-corrected chi connectivity index (χ0v) is 9.46. The van der Waals surface area contributed by atoms with Gasteiger partial charge < -0.3 is 5.73 Å². The number of benzene rings is 1. The highest BCUT2D eigenvalue weighted by atomic mass is 35.5. The van der Waals surface area contributed by atoms with Crippen molar-refractivity contribution in [2.75, 3.05) is 0 Å². The lowest BCUT2D eigenvalue weighted by atomic mass is 10.0. The maximum atomic E-state index is 13.1. The Morgan fingerprint density at radius 1 is 1.31 bits per heavy atom. The van der Waals surface area contributed by atoms with Crippen LogP contribution in [0.1, 0.15) is 18.0 Å². The first kappa shape index (κ1) is 15.5. The Kier molecular flexibility index (Phi) is 5.52. The van der Waals surface area contributed by atoms with Crippen LogP contribution in [0.3, 0.4) is 0 Å². The quantitative estimate of drug-likeness (QED) is 0.817. The molecule has 0 bridgehead atoms. The minimum atomic E-state index is -4.42. The Hall–Kier alpha value is -0.520. The molecule has 2 N–H and O–H groups in total. The van der Waals surface area contributed by atoms with Crippen molar-refractivity contribution >= 4 is 24.0 Å². The maximum Gasteiger partial charge on any atom is 0.390 e. The molecule has 0 aliphatic heterocycles. The predicted molar refractivity (Wildman–Crippen MR) is 56.3 cm³/mol. The van der Waals surface area contributed by atoms with Crippen LogP contribution in [0.25, 0.3) is 0 Å². The summed E-state index contributed by atoms with van der Waals surface area (Å²) in [4.78, 5) is 0. The van der Waals surface area contributed by atoms with Gasteiger partial charge in [-0.2, -0.15) is 13.2 Å². The van der Waals surface area contributed by atoms with E-state index in [9.17, 15) is 17.6 Å².